The second-order valence-corrected chi connectivity index (χ2v) is 6.91. The summed E-state index contributed by atoms with van der Waals surface area (Å²) in [5, 5.41) is 0. The molecule has 0 spiro atoms. The maximum atomic E-state index is 12.6. The Morgan fingerprint density at radius 3 is 2.46 bits per heavy atom. The van der Waals surface area contributed by atoms with Crippen molar-refractivity contribution in [3.63, 3.8) is 0 Å². The fourth-order valence-corrected chi connectivity index (χ4v) is 3.78. The third kappa shape index (κ3) is 3.40. The number of anilines is 1. The molecule has 0 saturated carbocycles. The molecule has 1 fully saturated rings. The van der Waals surface area contributed by atoms with Crippen molar-refractivity contribution in [2.75, 3.05) is 51.3 Å². The topological polar surface area (TPSA) is 36.0 Å². The van der Waals surface area contributed by atoms with Crippen molar-refractivity contribution in [1.29, 1.82) is 0 Å². The van der Waals surface area contributed by atoms with Gasteiger partial charge in [0.25, 0.3) is 5.91 Å². The standard InChI is InChI=1S/C21H25N3O2/c1-26-19-8-7-17-16-24(21(25)20(17)15-19)14-11-22-9-12-23(13-10-22)18-5-3-2-4-6-18/h2-8,15H,9-14,16H2,1H3. The van der Waals surface area contributed by atoms with E-state index in [1.54, 1.807) is 7.11 Å². The number of hydrogen-bond acceptors (Lipinski definition) is 4. The van der Waals surface area contributed by atoms with Crippen LogP contribution in [-0.2, 0) is 6.54 Å². The lowest BCUT2D eigenvalue weighted by Crippen LogP contribution is -2.48. The number of para-hydroxylation sites is 1. The third-order valence-electron chi connectivity index (χ3n) is 5.38. The van der Waals surface area contributed by atoms with Gasteiger partial charge in [-0.25, -0.2) is 0 Å². The Bertz CT molecular complexity index is 770. The lowest BCUT2D eigenvalue weighted by molar-refractivity contribution is 0.0756. The normalized spacial score (nSPS) is 17.5. The maximum Gasteiger partial charge on any atom is 0.254 e. The maximum absolute atomic E-state index is 12.6. The SMILES string of the molecule is COc1ccc2c(c1)C(=O)N(CCN1CCN(c3ccccc3)CC1)C2. The summed E-state index contributed by atoms with van der Waals surface area (Å²) in [4.78, 5) is 19.5. The quantitative estimate of drug-likeness (QED) is 0.829. The van der Waals surface area contributed by atoms with E-state index in [9.17, 15) is 4.79 Å². The van der Waals surface area contributed by atoms with Crippen molar-refractivity contribution in [1.82, 2.24) is 9.80 Å². The van der Waals surface area contributed by atoms with Gasteiger partial charge in [0, 0.05) is 57.1 Å². The molecule has 26 heavy (non-hydrogen) atoms. The molecule has 0 aliphatic carbocycles. The number of hydrogen-bond donors (Lipinski definition) is 0. The van der Waals surface area contributed by atoms with Crippen LogP contribution in [0.5, 0.6) is 5.75 Å². The Morgan fingerprint density at radius 1 is 0.962 bits per heavy atom. The number of nitrogens with zero attached hydrogens (tertiary/aromatic N) is 3. The summed E-state index contributed by atoms with van der Waals surface area (Å²) in [6, 6.07) is 16.4. The van der Waals surface area contributed by atoms with Gasteiger partial charge in [-0.15, -0.1) is 0 Å². The van der Waals surface area contributed by atoms with Crippen molar-refractivity contribution in [3.05, 3.63) is 59.7 Å². The summed E-state index contributed by atoms with van der Waals surface area (Å²) in [5.41, 5.74) is 3.19. The van der Waals surface area contributed by atoms with Crippen LogP contribution in [0.2, 0.25) is 0 Å². The van der Waals surface area contributed by atoms with Gasteiger partial charge in [0.2, 0.25) is 0 Å². The summed E-state index contributed by atoms with van der Waals surface area (Å²) in [7, 11) is 1.63. The van der Waals surface area contributed by atoms with Crippen molar-refractivity contribution in [2.45, 2.75) is 6.54 Å². The highest BCUT2D eigenvalue weighted by Crippen LogP contribution is 2.26. The first-order chi connectivity index (χ1) is 12.7. The van der Waals surface area contributed by atoms with Gasteiger partial charge < -0.3 is 14.5 Å². The van der Waals surface area contributed by atoms with Crippen LogP contribution >= 0.6 is 0 Å². The van der Waals surface area contributed by atoms with Gasteiger partial charge >= 0.3 is 0 Å². The Morgan fingerprint density at radius 2 is 1.73 bits per heavy atom. The molecule has 0 radical (unpaired) electrons. The molecule has 0 unspecified atom stereocenters. The minimum Gasteiger partial charge on any atom is -0.497 e. The van der Waals surface area contributed by atoms with Gasteiger partial charge in [0.15, 0.2) is 0 Å². The van der Waals surface area contributed by atoms with E-state index >= 15 is 0 Å². The van der Waals surface area contributed by atoms with Crippen molar-refractivity contribution < 1.29 is 9.53 Å². The molecule has 1 amide bonds. The van der Waals surface area contributed by atoms with Crippen LogP contribution < -0.4 is 9.64 Å². The molecular formula is C21H25N3O2. The summed E-state index contributed by atoms with van der Waals surface area (Å²) in [5.74, 6) is 0.873. The van der Waals surface area contributed by atoms with Crippen LogP contribution in [0.1, 0.15) is 15.9 Å². The van der Waals surface area contributed by atoms with Crippen molar-refractivity contribution in [2.24, 2.45) is 0 Å². The lowest BCUT2D eigenvalue weighted by atomic mass is 10.1. The van der Waals surface area contributed by atoms with Gasteiger partial charge in [-0.2, -0.15) is 0 Å². The number of carbonyl (C=O) groups excluding carboxylic acids is 1. The highest BCUT2D eigenvalue weighted by atomic mass is 16.5. The van der Waals surface area contributed by atoms with Crippen LogP contribution in [0.25, 0.3) is 0 Å². The zero-order valence-electron chi connectivity index (χ0n) is 15.2. The fraction of sp³-hybridized carbons (Fsp3) is 0.381. The smallest absolute Gasteiger partial charge is 0.254 e. The van der Waals surface area contributed by atoms with E-state index in [0.717, 1.165) is 56.1 Å². The van der Waals surface area contributed by atoms with Crippen molar-refractivity contribution in [3.8, 4) is 5.75 Å². The van der Waals surface area contributed by atoms with E-state index in [0.29, 0.717) is 6.54 Å². The average Bonchev–Trinajstić information content (AvgIpc) is 3.02. The molecule has 5 nitrogen and oxygen atoms in total. The summed E-state index contributed by atoms with van der Waals surface area (Å²) < 4.78 is 5.24. The number of ether oxygens (including phenoxy) is 1. The predicted molar refractivity (Wildman–Crippen MR) is 103 cm³/mol. The van der Waals surface area contributed by atoms with Crippen LogP contribution in [-0.4, -0.2) is 62.1 Å². The van der Waals surface area contributed by atoms with Crippen molar-refractivity contribution >= 4 is 11.6 Å². The number of amides is 1. The number of piperazine rings is 1. The van der Waals surface area contributed by atoms with Gasteiger partial charge in [-0.05, 0) is 29.8 Å². The first-order valence-corrected chi connectivity index (χ1v) is 9.23. The summed E-state index contributed by atoms with van der Waals surface area (Å²) in [6.45, 7) is 6.57. The monoisotopic (exact) mass is 351 g/mol. The molecule has 2 aliphatic heterocycles. The number of fused-ring (bicyclic) bond motifs is 1. The van der Waals surface area contributed by atoms with E-state index in [1.165, 1.54) is 5.69 Å². The Kier molecular flexibility index (Phi) is 4.80. The minimum atomic E-state index is 0.127. The molecule has 2 aromatic rings. The Hall–Kier alpha value is -2.53. The number of rotatable bonds is 5. The number of carbonyl (C=O) groups is 1. The van der Waals surface area contributed by atoms with E-state index in [1.807, 2.05) is 23.1 Å². The van der Waals surface area contributed by atoms with Crippen LogP contribution in [0.3, 0.4) is 0 Å². The minimum absolute atomic E-state index is 0.127. The van der Waals surface area contributed by atoms with Gasteiger partial charge in [-0.1, -0.05) is 24.3 Å². The molecule has 0 aromatic heterocycles. The second kappa shape index (κ2) is 7.38. The third-order valence-corrected chi connectivity index (χ3v) is 5.38. The molecule has 0 atom stereocenters. The number of methoxy groups -OCH3 is 1. The summed E-state index contributed by atoms with van der Waals surface area (Å²) >= 11 is 0. The fourth-order valence-electron chi connectivity index (χ4n) is 3.78. The van der Waals surface area contributed by atoms with Gasteiger partial charge in [0.1, 0.15) is 5.75 Å². The van der Waals surface area contributed by atoms with Gasteiger partial charge in [0.05, 0.1) is 7.11 Å². The van der Waals surface area contributed by atoms with E-state index in [2.05, 4.69) is 40.1 Å². The van der Waals surface area contributed by atoms with Crippen LogP contribution in [0.15, 0.2) is 48.5 Å². The highest BCUT2D eigenvalue weighted by molar-refractivity contribution is 5.98. The molecule has 5 heteroatoms. The first kappa shape index (κ1) is 16.9. The summed E-state index contributed by atoms with van der Waals surface area (Å²) in [6.07, 6.45) is 0. The molecule has 136 valence electrons. The molecule has 2 aliphatic rings. The van der Waals surface area contributed by atoms with Crippen LogP contribution in [0.4, 0.5) is 5.69 Å². The Balaban J connectivity index is 1.29. The van der Waals surface area contributed by atoms with Crippen LogP contribution in [0, 0.1) is 0 Å². The Labute approximate surface area is 154 Å². The van der Waals surface area contributed by atoms with E-state index in [-0.39, 0.29) is 5.91 Å². The molecular weight excluding hydrogens is 326 g/mol. The zero-order valence-corrected chi connectivity index (χ0v) is 15.2. The molecule has 2 aromatic carbocycles. The molecule has 4 rings (SSSR count). The highest BCUT2D eigenvalue weighted by Gasteiger charge is 2.28. The van der Waals surface area contributed by atoms with Gasteiger partial charge in [-0.3, -0.25) is 9.69 Å². The van der Waals surface area contributed by atoms with E-state index < -0.39 is 0 Å². The molecule has 1 saturated heterocycles. The average molecular weight is 351 g/mol. The predicted octanol–water partition coefficient (Wildman–Crippen LogP) is 2.47. The second-order valence-electron chi connectivity index (χ2n) is 6.91. The molecule has 0 N–H and O–H groups in total. The first-order valence-electron chi connectivity index (χ1n) is 9.23. The van der Waals surface area contributed by atoms with E-state index in [4.69, 9.17) is 4.74 Å². The molecule has 0 bridgehead atoms. The largest absolute Gasteiger partial charge is 0.497 e. The zero-order chi connectivity index (χ0) is 17.9. The molecule has 2 heterocycles. The number of benzene rings is 2. The lowest BCUT2D eigenvalue weighted by Gasteiger charge is -2.36.